The Balaban J connectivity index is 2.43. The lowest BCUT2D eigenvalue weighted by molar-refractivity contribution is -0.122. The number of rotatable bonds is 2. The molecule has 0 spiro atoms. The molecule has 0 aliphatic carbocycles. The molecule has 7 heteroatoms. The van der Waals surface area contributed by atoms with Gasteiger partial charge in [-0.3, -0.25) is 9.69 Å². The predicted octanol–water partition coefficient (Wildman–Crippen LogP) is 2.84. The number of likely N-dealkylation sites (N-methyl/N-ethyl adjacent to an activating group) is 1. The Labute approximate surface area is 138 Å². The summed E-state index contributed by atoms with van der Waals surface area (Å²) in [5, 5.41) is 13.3. The number of carbonyl (C=O) groups excluding carboxylic acids is 1. The highest BCUT2D eigenvalue weighted by Crippen LogP contribution is 2.30. The fourth-order valence-electron chi connectivity index (χ4n) is 1.71. The van der Waals surface area contributed by atoms with Crippen LogP contribution in [-0.4, -0.2) is 27.6 Å². The van der Waals surface area contributed by atoms with Gasteiger partial charge in [-0.05, 0) is 59.9 Å². The van der Waals surface area contributed by atoms with E-state index in [9.17, 15) is 9.90 Å². The van der Waals surface area contributed by atoms with Crippen molar-refractivity contribution in [1.29, 1.82) is 0 Å². The molecule has 0 aromatic heterocycles. The minimum Gasteiger partial charge on any atom is -0.506 e. The Kier molecular flexibility index (Phi) is 4.46. The highest BCUT2D eigenvalue weighted by molar-refractivity contribution is 14.1. The molecule has 1 amide bonds. The summed E-state index contributed by atoms with van der Waals surface area (Å²) in [6.07, 6.45) is 1.60. The smallest absolute Gasteiger partial charge is 0.276 e. The lowest BCUT2D eigenvalue weighted by Crippen LogP contribution is -2.30. The van der Waals surface area contributed by atoms with Gasteiger partial charge in [0, 0.05) is 16.6 Å². The Morgan fingerprint density at radius 2 is 2.26 bits per heavy atom. The second-order valence-corrected chi connectivity index (χ2v) is 6.33. The zero-order valence-electron chi connectivity index (χ0n) is 9.91. The van der Waals surface area contributed by atoms with Gasteiger partial charge in [0.1, 0.15) is 11.4 Å². The van der Waals surface area contributed by atoms with E-state index in [1.54, 1.807) is 18.2 Å². The number of carbonyl (C=O) groups is 1. The van der Waals surface area contributed by atoms with E-state index in [-0.39, 0.29) is 11.7 Å². The molecule has 1 fully saturated rings. The third kappa shape index (κ3) is 2.92. The van der Waals surface area contributed by atoms with Gasteiger partial charge in [0.05, 0.1) is 3.57 Å². The SMILES string of the molecule is CCN1C(=O)/C(=C/c2cc(Br)cc(I)c2O)NC1=S. The number of hydrogen-bond acceptors (Lipinski definition) is 3. The van der Waals surface area contributed by atoms with Crippen LogP contribution in [0.4, 0.5) is 0 Å². The highest BCUT2D eigenvalue weighted by Gasteiger charge is 2.29. The third-order valence-corrected chi connectivity index (χ3v) is 4.24. The molecular weight excluding hydrogens is 443 g/mol. The molecule has 1 heterocycles. The molecule has 1 aliphatic rings. The van der Waals surface area contributed by atoms with E-state index in [4.69, 9.17) is 12.2 Å². The number of nitrogens with one attached hydrogen (secondary N) is 1. The van der Waals surface area contributed by atoms with E-state index >= 15 is 0 Å². The topological polar surface area (TPSA) is 52.6 Å². The van der Waals surface area contributed by atoms with Crippen LogP contribution in [0.3, 0.4) is 0 Å². The van der Waals surface area contributed by atoms with Crippen LogP contribution in [0, 0.1) is 3.57 Å². The summed E-state index contributed by atoms with van der Waals surface area (Å²) in [7, 11) is 0. The number of phenolic OH excluding ortho intramolecular Hbond substituents is 1. The van der Waals surface area contributed by atoms with Gasteiger partial charge in [-0.2, -0.15) is 0 Å². The van der Waals surface area contributed by atoms with Crippen molar-refractivity contribution in [3.8, 4) is 5.75 Å². The summed E-state index contributed by atoms with van der Waals surface area (Å²) in [5.41, 5.74) is 0.937. The quantitative estimate of drug-likeness (QED) is 0.411. The lowest BCUT2D eigenvalue weighted by atomic mass is 10.1. The van der Waals surface area contributed by atoms with Gasteiger partial charge in [0.2, 0.25) is 0 Å². The van der Waals surface area contributed by atoms with Crippen molar-refractivity contribution in [2.75, 3.05) is 6.54 Å². The molecule has 1 aromatic carbocycles. The van der Waals surface area contributed by atoms with E-state index < -0.39 is 0 Å². The fourth-order valence-corrected chi connectivity index (χ4v) is 3.58. The molecule has 0 saturated carbocycles. The monoisotopic (exact) mass is 452 g/mol. The summed E-state index contributed by atoms with van der Waals surface area (Å²) >= 11 is 10.5. The molecule has 4 nitrogen and oxygen atoms in total. The normalized spacial score (nSPS) is 17.2. The van der Waals surface area contributed by atoms with Crippen LogP contribution in [-0.2, 0) is 4.79 Å². The number of phenols is 1. The number of amides is 1. The van der Waals surface area contributed by atoms with Crippen LogP contribution in [0.25, 0.3) is 6.08 Å². The van der Waals surface area contributed by atoms with E-state index in [2.05, 4.69) is 21.2 Å². The first-order chi connectivity index (χ1) is 8.93. The van der Waals surface area contributed by atoms with Crippen molar-refractivity contribution in [1.82, 2.24) is 10.2 Å². The van der Waals surface area contributed by atoms with Crippen molar-refractivity contribution in [3.05, 3.63) is 31.4 Å². The zero-order chi connectivity index (χ0) is 14.2. The second-order valence-electron chi connectivity index (χ2n) is 3.86. The summed E-state index contributed by atoms with van der Waals surface area (Å²) in [6.45, 7) is 2.37. The van der Waals surface area contributed by atoms with Gasteiger partial charge in [0.15, 0.2) is 5.11 Å². The number of halogens is 2. The van der Waals surface area contributed by atoms with Crippen LogP contribution < -0.4 is 5.32 Å². The minimum atomic E-state index is -0.179. The summed E-state index contributed by atoms with van der Waals surface area (Å²) in [4.78, 5) is 13.5. The number of benzene rings is 1. The van der Waals surface area contributed by atoms with E-state index in [0.29, 0.717) is 26.5 Å². The van der Waals surface area contributed by atoms with Crippen LogP contribution in [0.1, 0.15) is 12.5 Å². The maximum Gasteiger partial charge on any atom is 0.276 e. The van der Waals surface area contributed by atoms with Gasteiger partial charge in [-0.1, -0.05) is 15.9 Å². The molecule has 0 unspecified atom stereocenters. The standard InChI is InChI=1S/C12H10BrIN2O2S/c1-2-16-11(18)9(15-12(16)19)4-6-3-7(13)5-8(14)10(6)17/h3-5,17H,2H2,1H3,(H,15,19)/b9-4-. The number of aromatic hydroxyl groups is 1. The van der Waals surface area contributed by atoms with Crippen molar-refractivity contribution in [2.45, 2.75) is 6.92 Å². The van der Waals surface area contributed by atoms with Crippen LogP contribution in [0.2, 0.25) is 0 Å². The first kappa shape index (κ1) is 14.7. The zero-order valence-corrected chi connectivity index (χ0v) is 14.5. The molecule has 2 rings (SSSR count). The molecule has 0 radical (unpaired) electrons. The van der Waals surface area contributed by atoms with Gasteiger partial charge >= 0.3 is 0 Å². The maximum atomic E-state index is 12.0. The first-order valence-electron chi connectivity index (χ1n) is 5.46. The summed E-state index contributed by atoms with van der Waals surface area (Å²) < 4.78 is 1.54. The summed E-state index contributed by atoms with van der Waals surface area (Å²) in [6, 6.07) is 3.54. The van der Waals surface area contributed by atoms with Crippen LogP contribution in [0.5, 0.6) is 5.75 Å². The predicted molar refractivity (Wildman–Crippen MR) is 89.6 cm³/mol. The number of hydrogen-bond donors (Lipinski definition) is 2. The molecule has 19 heavy (non-hydrogen) atoms. The second kappa shape index (κ2) is 5.76. The maximum absolute atomic E-state index is 12.0. The Hall–Kier alpha value is -0.670. The van der Waals surface area contributed by atoms with E-state index in [0.717, 1.165) is 4.47 Å². The van der Waals surface area contributed by atoms with Gasteiger partial charge in [0.25, 0.3) is 5.91 Å². The average Bonchev–Trinajstić information content (AvgIpc) is 2.60. The van der Waals surface area contributed by atoms with Gasteiger partial charge in [-0.25, -0.2) is 0 Å². The first-order valence-corrected chi connectivity index (χ1v) is 7.74. The molecular formula is C12H10BrIN2O2S. The Morgan fingerprint density at radius 1 is 1.58 bits per heavy atom. The van der Waals surface area contributed by atoms with Crippen LogP contribution >= 0.6 is 50.7 Å². The third-order valence-electron chi connectivity index (χ3n) is 2.64. The lowest BCUT2D eigenvalue weighted by Gasteiger charge is -2.09. The molecule has 1 aliphatic heterocycles. The van der Waals surface area contributed by atoms with Crippen LogP contribution in [0.15, 0.2) is 22.3 Å². The molecule has 100 valence electrons. The Bertz CT molecular complexity index is 604. The molecule has 1 saturated heterocycles. The number of nitrogens with zero attached hydrogens (tertiary/aromatic N) is 1. The van der Waals surface area contributed by atoms with E-state index in [1.807, 2.05) is 29.5 Å². The number of thiocarbonyl (C=S) groups is 1. The molecule has 2 N–H and O–H groups in total. The minimum absolute atomic E-state index is 0.145. The van der Waals surface area contributed by atoms with Crippen molar-refractivity contribution >= 4 is 67.8 Å². The molecule has 1 aromatic rings. The van der Waals surface area contributed by atoms with Crippen molar-refractivity contribution < 1.29 is 9.90 Å². The molecule has 0 atom stereocenters. The highest BCUT2D eigenvalue weighted by atomic mass is 127. The Morgan fingerprint density at radius 3 is 2.84 bits per heavy atom. The van der Waals surface area contributed by atoms with Crippen molar-refractivity contribution in [2.24, 2.45) is 0 Å². The van der Waals surface area contributed by atoms with Gasteiger partial charge in [-0.15, -0.1) is 0 Å². The van der Waals surface area contributed by atoms with Crippen molar-refractivity contribution in [3.63, 3.8) is 0 Å². The van der Waals surface area contributed by atoms with Gasteiger partial charge < -0.3 is 10.4 Å². The molecule has 0 bridgehead atoms. The largest absolute Gasteiger partial charge is 0.506 e. The van der Waals surface area contributed by atoms with E-state index in [1.165, 1.54) is 4.90 Å². The fraction of sp³-hybridized carbons (Fsp3) is 0.167. The average molecular weight is 453 g/mol. The summed E-state index contributed by atoms with van der Waals surface area (Å²) in [5.74, 6) is -0.0337.